The monoisotopic (exact) mass is 516 g/mol. The molecular formula is C30H28N8O. The number of amides is 1. The molecule has 0 radical (unpaired) electrons. The molecule has 1 unspecified atom stereocenters. The van der Waals surface area contributed by atoms with Crippen LogP contribution < -0.4 is 11.1 Å². The van der Waals surface area contributed by atoms with Crippen LogP contribution in [0.15, 0.2) is 48.8 Å². The summed E-state index contributed by atoms with van der Waals surface area (Å²) in [4.78, 5) is 29.0. The zero-order chi connectivity index (χ0) is 26.9. The minimum Gasteiger partial charge on any atom is -0.369 e. The highest BCUT2D eigenvalue weighted by molar-refractivity contribution is 6.05. The molecule has 9 heteroatoms. The minimum atomic E-state index is -0.380. The number of carbonyl (C=O) groups excluding carboxylic acids is 1. The number of imidazole rings is 1. The van der Waals surface area contributed by atoms with Crippen LogP contribution in [0.2, 0.25) is 0 Å². The third kappa shape index (κ3) is 4.81. The van der Waals surface area contributed by atoms with Crippen LogP contribution in [0.3, 0.4) is 0 Å². The molecule has 2 aliphatic rings. The lowest BCUT2D eigenvalue weighted by Crippen LogP contribution is -2.20. The average Bonchev–Trinajstić information content (AvgIpc) is 3.58. The maximum absolute atomic E-state index is 13.1. The number of pyridine rings is 1. The van der Waals surface area contributed by atoms with Crippen LogP contribution in [0.5, 0.6) is 0 Å². The average molecular weight is 517 g/mol. The van der Waals surface area contributed by atoms with Crippen LogP contribution in [0, 0.1) is 23.2 Å². The first-order chi connectivity index (χ1) is 19.1. The van der Waals surface area contributed by atoms with E-state index < -0.39 is 0 Å². The first-order valence-corrected chi connectivity index (χ1v) is 13.1. The third-order valence-corrected chi connectivity index (χ3v) is 7.47. The summed E-state index contributed by atoms with van der Waals surface area (Å²) >= 11 is 0. The van der Waals surface area contributed by atoms with E-state index in [1.54, 1.807) is 30.6 Å². The van der Waals surface area contributed by atoms with E-state index in [1.165, 1.54) is 5.56 Å². The van der Waals surface area contributed by atoms with E-state index in [0.29, 0.717) is 29.1 Å². The largest absolute Gasteiger partial charge is 0.369 e. The molecule has 0 bridgehead atoms. The van der Waals surface area contributed by atoms with Gasteiger partial charge in [0.1, 0.15) is 11.6 Å². The van der Waals surface area contributed by atoms with Crippen LogP contribution in [0.1, 0.15) is 65.2 Å². The number of nitrogens with one attached hydrogen (secondary N) is 1. The number of nitriles is 1. The highest BCUT2D eigenvalue weighted by atomic mass is 16.1. The standard InChI is InChI=1S/C30H28N8O/c1-2-3-13-37-14-10-22(18-37)27-25-9-12-34-30(32)38(25)28(36-27)21-6-7-24(23(15-21)17-31)29(39)35-26-16-20(8-11-33-26)19-4-5-19/h6-9,11-12,15-16,19,22H,4-5,10,13-14,18H2,1H3,(H2,32,34)(H,33,35,39). The van der Waals surface area contributed by atoms with Crippen molar-refractivity contribution in [3.63, 3.8) is 0 Å². The zero-order valence-electron chi connectivity index (χ0n) is 21.7. The van der Waals surface area contributed by atoms with Gasteiger partial charge in [-0.3, -0.25) is 14.1 Å². The molecule has 1 aliphatic carbocycles. The normalized spacial score (nSPS) is 17.0. The van der Waals surface area contributed by atoms with Crippen molar-refractivity contribution < 1.29 is 4.79 Å². The highest BCUT2D eigenvalue weighted by Gasteiger charge is 2.29. The molecule has 2 fully saturated rings. The first-order valence-electron chi connectivity index (χ1n) is 13.1. The van der Waals surface area contributed by atoms with E-state index in [0.717, 1.165) is 50.1 Å². The van der Waals surface area contributed by atoms with Gasteiger partial charge in [0.25, 0.3) is 5.91 Å². The summed E-state index contributed by atoms with van der Waals surface area (Å²) in [5, 5.41) is 12.8. The van der Waals surface area contributed by atoms with Gasteiger partial charge in [0.2, 0.25) is 5.95 Å². The number of nitrogens with two attached hydrogens (primary N) is 1. The molecule has 6 rings (SSSR count). The summed E-state index contributed by atoms with van der Waals surface area (Å²) in [6, 6.07) is 13.1. The van der Waals surface area contributed by atoms with E-state index in [2.05, 4.69) is 38.1 Å². The molecule has 4 heterocycles. The van der Waals surface area contributed by atoms with Gasteiger partial charge < -0.3 is 11.1 Å². The van der Waals surface area contributed by atoms with Crippen molar-refractivity contribution in [3.05, 3.63) is 71.2 Å². The van der Waals surface area contributed by atoms with Gasteiger partial charge in [0.15, 0.2) is 0 Å². The maximum atomic E-state index is 13.1. The summed E-state index contributed by atoms with van der Waals surface area (Å²) < 4.78 is 1.83. The Bertz CT molecular complexity index is 1680. The quantitative estimate of drug-likeness (QED) is 0.368. The Morgan fingerprint density at radius 1 is 1.13 bits per heavy atom. The number of benzene rings is 1. The van der Waals surface area contributed by atoms with Gasteiger partial charge in [-0.2, -0.15) is 5.26 Å². The van der Waals surface area contributed by atoms with E-state index in [-0.39, 0.29) is 23.0 Å². The Labute approximate surface area is 226 Å². The van der Waals surface area contributed by atoms with Gasteiger partial charge >= 0.3 is 0 Å². The first kappa shape index (κ1) is 24.6. The molecule has 3 N–H and O–H groups in total. The van der Waals surface area contributed by atoms with Crippen molar-refractivity contribution in [3.8, 4) is 29.3 Å². The van der Waals surface area contributed by atoms with Gasteiger partial charge in [-0.15, -0.1) is 5.92 Å². The molecule has 1 saturated carbocycles. The fraction of sp³-hybridized carbons (Fsp3) is 0.300. The van der Waals surface area contributed by atoms with Crippen molar-refractivity contribution in [2.24, 2.45) is 0 Å². The van der Waals surface area contributed by atoms with E-state index in [1.807, 2.05) is 29.5 Å². The smallest absolute Gasteiger partial charge is 0.258 e. The molecule has 194 valence electrons. The number of nitrogens with zero attached hydrogens (tertiary/aromatic N) is 6. The van der Waals surface area contributed by atoms with Crippen LogP contribution in [0.4, 0.5) is 11.8 Å². The predicted octanol–water partition coefficient (Wildman–Crippen LogP) is 4.19. The lowest BCUT2D eigenvalue weighted by Gasteiger charge is -2.11. The second kappa shape index (κ2) is 10.2. The summed E-state index contributed by atoms with van der Waals surface area (Å²) in [6.45, 7) is 4.41. The molecule has 0 spiro atoms. The van der Waals surface area contributed by atoms with Crippen LogP contribution in [-0.4, -0.2) is 49.8 Å². The Morgan fingerprint density at radius 3 is 2.77 bits per heavy atom. The third-order valence-electron chi connectivity index (χ3n) is 7.47. The predicted molar refractivity (Wildman–Crippen MR) is 149 cm³/mol. The number of anilines is 2. The Morgan fingerprint density at radius 2 is 1.97 bits per heavy atom. The zero-order valence-corrected chi connectivity index (χ0v) is 21.7. The number of rotatable bonds is 6. The van der Waals surface area contributed by atoms with Crippen LogP contribution in [-0.2, 0) is 0 Å². The lowest BCUT2D eigenvalue weighted by atomic mass is 10.0. The Hall–Kier alpha value is -4.73. The molecule has 3 aromatic heterocycles. The summed E-state index contributed by atoms with van der Waals surface area (Å²) in [5.41, 5.74) is 10.5. The number of fused-ring (bicyclic) bond motifs is 1. The van der Waals surface area contributed by atoms with Gasteiger partial charge in [-0.05, 0) is 74.5 Å². The van der Waals surface area contributed by atoms with Gasteiger partial charge in [0, 0.05) is 30.4 Å². The highest BCUT2D eigenvalue weighted by Crippen LogP contribution is 2.40. The SMILES string of the molecule is CC#CCN1CCC(c2nc(-c3ccc(C(=O)Nc4cc(C5CC5)ccn4)c(C#N)c3)n3c(N)nccc23)C1. The summed E-state index contributed by atoms with van der Waals surface area (Å²) in [7, 11) is 0. The molecule has 9 nitrogen and oxygen atoms in total. The number of hydrogen-bond donors (Lipinski definition) is 2. The molecule has 39 heavy (non-hydrogen) atoms. The van der Waals surface area contributed by atoms with Gasteiger partial charge in [-0.1, -0.05) is 12.0 Å². The van der Waals surface area contributed by atoms with E-state index >= 15 is 0 Å². The molecule has 1 aromatic carbocycles. The van der Waals surface area contributed by atoms with Crippen molar-refractivity contribution in [1.29, 1.82) is 5.26 Å². The number of hydrogen-bond acceptors (Lipinski definition) is 7. The van der Waals surface area contributed by atoms with Crippen molar-refractivity contribution in [2.45, 2.75) is 38.0 Å². The lowest BCUT2D eigenvalue weighted by molar-refractivity contribution is 0.102. The topological polar surface area (TPSA) is 125 Å². The summed E-state index contributed by atoms with van der Waals surface area (Å²) in [5.74, 6) is 7.90. The van der Waals surface area contributed by atoms with E-state index in [4.69, 9.17) is 10.7 Å². The van der Waals surface area contributed by atoms with E-state index in [9.17, 15) is 10.1 Å². The van der Waals surface area contributed by atoms with Crippen molar-refractivity contribution in [2.75, 3.05) is 30.7 Å². The number of likely N-dealkylation sites (tertiary alicyclic amines) is 1. The minimum absolute atomic E-state index is 0.230. The molecule has 1 aliphatic heterocycles. The number of aromatic nitrogens is 4. The summed E-state index contributed by atoms with van der Waals surface area (Å²) in [6.07, 6.45) is 6.69. The maximum Gasteiger partial charge on any atom is 0.258 e. The number of carbonyl (C=O) groups is 1. The fourth-order valence-corrected chi connectivity index (χ4v) is 5.31. The molecule has 1 atom stereocenters. The van der Waals surface area contributed by atoms with Gasteiger partial charge in [0.05, 0.1) is 35.0 Å². The second-order valence-electron chi connectivity index (χ2n) is 10.1. The van der Waals surface area contributed by atoms with Crippen LogP contribution >= 0.6 is 0 Å². The van der Waals surface area contributed by atoms with Crippen molar-refractivity contribution in [1.82, 2.24) is 24.3 Å². The molecule has 1 amide bonds. The van der Waals surface area contributed by atoms with Gasteiger partial charge in [-0.25, -0.2) is 15.0 Å². The molecule has 1 saturated heterocycles. The Balaban J connectivity index is 1.32. The second-order valence-corrected chi connectivity index (χ2v) is 10.1. The van der Waals surface area contributed by atoms with Crippen molar-refractivity contribution >= 4 is 23.2 Å². The number of nitrogen functional groups attached to an aromatic ring is 1. The molecule has 4 aromatic rings. The van der Waals surface area contributed by atoms with Crippen LogP contribution in [0.25, 0.3) is 16.9 Å². The molecular weight excluding hydrogens is 488 g/mol. The fourth-order valence-electron chi connectivity index (χ4n) is 5.31. The Kier molecular flexibility index (Phi) is 6.44.